The second-order valence-corrected chi connectivity index (χ2v) is 8.60. The van der Waals surface area contributed by atoms with Crippen LogP contribution in [0.5, 0.6) is 0 Å². The Hall–Kier alpha value is -2.79. The molecule has 1 atom stereocenters. The van der Waals surface area contributed by atoms with E-state index in [9.17, 15) is 17.2 Å². The second kappa shape index (κ2) is 7.91. The molecule has 4 rings (SSSR count). The fourth-order valence-electron chi connectivity index (χ4n) is 3.37. The molecule has 3 heterocycles. The zero-order valence-corrected chi connectivity index (χ0v) is 16.0. The summed E-state index contributed by atoms with van der Waals surface area (Å²) in [5.41, 5.74) is 0.463. The van der Waals surface area contributed by atoms with Crippen LogP contribution in [-0.2, 0) is 16.4 Å². The normalized spacial score (nSPS) is 18.1. The van der Waals surface area contributed by atoms with Crippen molar-refractivity contribution >= 4 is 10.0 Å². The van der Waals surface area contributed by atoms with Gasteiger partial charge in [0.2, 0.25) is 21.7 Å². The average molecular weight is 421 g/mol. The van der Waals surface area contributed by atoms with E-state index in [-0.39, 0.29) is 19.0 Å². The lowest BCUT2D eigenvalue weighted by atomic mass is 9.96. The van der Waals surface area contributed by atoms with Gasteiger partial charge in [0.25, 0.3) is 0 Å². The van der Waals surface area contributed by atoms with Crippen molar-refractivity contribution in [1.82, 2.24) is 24.4 Å². The number of benzene rings is 1. The molecule has 152 valence electrons. The maximum atomic E-state index is 14.0. The highest BCUT2D eigenvalue weighted by Gasteiger charge is 2.34. The Morgan fingerprint density at radius 3 is 2.72 bits per heavy atom. The Balaban J connectivity index is 1.50. The highest BCUT2D eigenvalue weighted by molar-refractivity contribution is 7.89. The van der Waals surface area contributed by atoms with Crippen LogP contribution >= 0.6 is 0 Å². The molecule has 2 aromatic heterocycles. The zero-order chi connectivity index (χ0) is 20.4. The molecule has 29 heavy (non-hydrogen) atoms. The van der Waals surface area contributed by atoms with E-state index in [1.54, 1.807) is 0 Å². The Morgan fingerprint density at radius 1 is 1.21 bits per heavy atom. The van der Waals surface area contributed by atoms with E-state index < -0.39 is 26.6 Å². The summed E-state index contributed by atoms with van der Waals surface area (Å²) in [5.74, 6) is -1.69. The predicted octanol–water partition coefficient (Wildman–Crippen LogP) is 2.45. The molecule has 11 heteroatoms. The Labute approximate surface area is 165 Å². The third-order valence-electron chi connectivity index (χ3n) is 4.72. The first kappa shape index (κ1) is 19.5. The first-order valence-electron chi connectivity index (χ1n) is 8.98. The van der Waals surface area contributed by atoms with E-state index in [1.807, 2.05) is 0 Å². The lowest BCUT2D eigenvalue weighted by Crippen LogP contribution is -2.41. The summed E-state index contributed by atoms with van der Waals surface area (Å²) in [6.45, 7) is 0.306. The van der Waals surface area contributed by atoms with Crippen molar-refractivity contribution in [1.29, 1.82) is 0 Å². The molecular weight excluding hydrogens is 404 g/mol. The van der Waals surface area contributed by atoms with Crippen molar-refractivity contribution in [2.45, 2.75) is 24.2 Å². The van der Waals surface area contributed by atoms with Crippen molar-refractivity contribution < 1.29 is 21.7 Å². The summed E-state index contributed by atoms with van der Waals surface area (Å²) < 4.78 is 60.0. The van der Waals surface area contributed by atoms with Gasteiger partial charge < -0.3 is 4.52 Å². The van der Waals surface area contributed by atoms with E-state index in [0.29, 0.717) is 30.3 Å². The van der Waals surface area contributed by atoms with Crippen LogP contribution in [0.1, 0.15) is 18.7 Å². The third kappa shape index (κ3) is 4.01. The number of piperidine rings is 1. The number of hydrogen-bond acceptors (Lipinski definition) is 7. The molecule has 1 aliphatic heterocycles. The molecule has 8 nitrogen and oxygen atoms in total. The van der Waals surface area contributed by atoms with E-state index in [2.05, 4.69) is 20.1 Å². The fourth-order valence-corrected chi connectivity index (χ4v) is 5.04. The molecule has 0 unspecified atom stereocenters. The first-order chi connectivity index (χ1) is 13.9. The maximum Gasteiger partial charge on any atom is 0.248 e. The number of sulfonamides is 1. The van der Waals surface area contributed by atoms with Crippen LogP contribution in [0.3, 0.4) is 0 Å². The summed E-state index contributed by atoms with van der Waals surface area (Å²) in [6.07, 6.45) is 6.18. The van der Waals surface area contributed by atoms with Crippen molar-refractivity contribution in [2.75, 3.05) is 13.1 Å². The summed E-state index contributed by atoms with van der Waals surface area (Å²) in [5, 5.41) is 3.87. The van der Waals surface area contributed by atoms with Crippen LogP contribution in [0.4, 0.5) is 8.78 Å². The van der Waals surface area contributed by atoms with E-state index in [4.69, 9.17) is 4.52 Å². The number of halogens is 2. The average Bonchev–Trinajstić information content (AvgIpc) is 3.17. The molecule has 1 saturated heterocycles. The zero-order valence-electron chi connectivity index (χ0n) is 15.2. The van der Waals surface area contributed by atoms with E-state index in [1.165, 1.54) is 18.6 Å². The number of aromatic nitrogens is 4. The van der Waals surface area contributed by atoms with Gasteiger partial charge in [0.1, 0.15) is 17.3 Å². The third-order valence-corrected chi connectivity index (χ3v) is 6.64. The quantitative estimate of drug-likeness (QED) is 0.623. The lowest BCUT2D eigenvalue weighted by molar-refractivity contribution is 0.246. The highest BCUT2D eigenvalue weighted by Crippen LogP contribution is 2.28. The lowest BCUT2D eigenvalue weighted by Gasteiger charge is -2.31. The smallest absolute Gasteiger partial charge is 0.248 e. The topological polar surface area (TPSA) is 102 Å². The van der Waals surface area contributed by atoms with Gasteiger partial charge in [-0.3, -0.25) is 4.98 Å². The van der Waals surface area contributed by atoms with Gasteiger partial charge in [0.15, 0.2) is 4.90 Å². The second-order valence-electron chi connectivity index (χ2n) is 6.73. The molecule has 0 N–H and O–H groups in total. The molecule has 0 amide bonds. The summed E-state index contributed by atoms with van der Waals surface area (Å²) in [7, 11) is -4.29. The summed E-state index contributed by atoms with van der Waals surface area (Å²) in [4.78, 5) is 11.4. The van der Waals surface area contributed by atoms with Crippen molar-refractivity contribution in [3.63, 3.8) is 0 Å². The van der Waals surface area contributed by atoms with Gasteiger partial charge in [0, 0.05) is 31.9 Å². The van der Waals surface area contributed by atoms with E-state index >= 15 is 0 Å². The molecule has 1 aliphatic rings. The predicted molar refractivity (Wildman–Crippen MR) is 96.9 cm³/mol. The number of hydrogen-bond donors (Lipinski definition) is 0. The van der Waals surface area contributed by atoms with Crippen LogP contribution in [0.15, 0.2) is 46.2 Å². The van der Waals surface area contributed by atoms with Crippen LogP contribution in [0, 0.1) is 17.6 Å². The SMILES string of the molecule is O=S(=O)(c1c(F)cccc1F)N1CCC[C@@H](Cc2nc(-c3cnccn3)no2)C1. The fraction of sp³-hybridized carbons (Fsp3) is 0.333. The van der Waals surface area contributed by atoms with Crippen molar-refractivity contribution in [3.8, 4) is 11.5 Å². The van der Waals surface area contributed by atoms with Gasteiger partial charge in [-0.1, -0.05) is 11.2 Å². The van der Waals surface area contributed by atoms with Crippen molar-refractivity contribution in [3.05, 3.63) is 54.3 Å². The highest BCUT2D eigenvalue weighted by atomic mass is 32.2. The van der Waals surface area contributed by atoms with Gasteiger partial charge in [-0.05, 0) is 30.9 Å². The molecule has 0 aliphatic carbocycles. The van der Waals surface area contributed by atoms with Crippen molar-refractivity contribution in [2.24, 2.45) is 5.92 Å². The monoisotopic (exact) mass is 421 g/mol. The Morgan fingerprint density at radius 2 is 2.00 bits per heavy atom. The van der Waals surface area contributed by atoms with Gasteiger partial charge in [-0.25, -0.2) is 22.2 Å². The molecule has 3 aromatic rings. The molecule has 1 fully saturated rings. The Kier molecular flexibility index (Phi) is 5.33. The van der Waals surface area contributed by atoms with E-state index in [0.717, 1.165) is 28.9 Å². The molecule has 1 aromatic carbocycles. The maximum absolute atomic E-state index is 14.0. The van der Waals surface area contributed by atoms with Gasteiger partial charge in [0.05, 0.1) is 6.20 Å². The molecule has 0 saturated carbocycles. The minimum absolute atomic E-state index is 0.110. The Bertz CT molecular complexity index is 1090. The van der Waals surface area contributed by atoms with Gasteiger partial charge in [-0.15, -0.1) is 0 Å². The standard InChI is InChI=1S/C18H17F2N5O3S/c19-13-4-1-5-14(20)17(13)29(26,27)25-8-2-3-12(11-25)9-16-23-18(24-28-16)15-10-21-6-7-22-15/h1,4-7,10,12H,2-3,8-9,11H2/t12-/m0/s1. The molecule has 0 radical (unpaired) electrons. The summed E-state index contributed by atoms with van der Waals surface area (Å²) in [6, 6.07) is 3.00. The molecule has 0 bridgehead atoms. The minimum Gasteiger partial charge on any atom is -0.339 e. The van der Waals surface area contributed by atoms with Crippen LogP contribution in [0.25, 0.3) is 11.5 Å². The summed E-state index contributed by atoms with van der Waals surface area (Å²) >= 11 is 0. The van der Waals surface area contributed by atoms with Gasteiger partial charge >= 0.3 is 0 Å². The van der Waals surface area contributed by atoms with Gasteiger partial charge in [-0.2, -0.15) is 9.29 Å². The first-order valence-corrected chi connectivity index (χ1v) is 10.4. The molecule has 0 spiro atoms. The van der Waals surface area contributed by atoms with Crippen LogP contribution < -0.4 is 0 Å². The largest absolute Gasteiger partial charge is 0.339 e. The minimum atomic E-state index is -4.29. The molecular formula is C18H17F2N5O3S. The van der Waals surface area contributed by atoms with Crippen LogP contribution in [-0.4, -0.2) is 45.9 Å². The number of nitrogens with zero attached hydrogens (tertiary/aromatic N) is 5. The van der Waals surface area contributed by atoms with Crippen LogP contribution in [0.2, 0.25) is 0 Å². The number of rotatable bonds is 5.